The highest BCUT2D eigenvalue weighted by molar-refractivity contribution is 6.20. The summed E-state index contributed by atoms with van der Waals surface area (Å²) in [7, 11) is 0. The fourth-order valence-electron chi connectivity index (χ4n) is 7.49. The number of nitrogens with zero attached hydrogens (tertiary/aromatic N) is 2. The van der Waals surface area contributed by atoms with Crippen LogP contribution in [-0.4, -0.2) is 4.98 Å². The van der Waals surface area contributed by atoms with Gasteiger partial charge in [-0.05, 0) is 97.0 Å². The van der Waals surface area contributed by atoms with Crippen LogP contribution in [0.3, 0.4) is 0 Å². The molecule has 10 aromatic rings. The Bertz CT molecular complexity index is 2850. The Morgan fingerprint density at radius 1 is 0.400 bits per heavy atom. The molecule has 3 nitrogen and oxygen atoms in total. The summed E-state index contributed by atoms with van der Waals surface area (Å²) in [5.74, 6) is 0. The molecule has 0 aliphatic rings. The summed E-state index contributed by atoms with van der Waals surface area (Å²) in [5, 5.41) is 9.66. The van der Waals surface area contributed by atoms with Crippen LogP contribution in [0.2, 0.25) is 0 Å². The number of benzene rings is 8. The van der Waals surface area contributed by atoms with Crippen LogP contribution in [0.25, 0.3) is 76.6 Å². The second kappa shape index (κ2) is 11.5. The van der Waals surface area contributed by atoms with Gasteiger partial charge in [0.1, 0.15) is 5.58 Å². The lowest BCUT2D eigenvalue weighted by atomic mass is 9.94. The molecule has 0 N–H and O–H groups in total. The molecule has 0 unspecified atom stereocenters. The maximum absolute atomic E-state index is 6.22. The molecule has 0 atom stereocenters. The topological polar surface area (TPSA) is 29.3 Å². The number of aromatic nitrogens is 1. The van der Waals surface area contributed by atoms with Crippen LogP contribution in [0.5, 0.6) is 0 Å². The molecule has 50 heavy (non-hydrogen) atoms. The summed E-state index contributed by atoms with van der Waals surface area (Å²) < 4.78 is 6.22. The van der Waals surface area contributed by atoms with Crippen molar-refractivity contribution < 1.29 is 4.42 Å². The zero-order valence-corrected chi connectivity index (χ0v) is 27.1. The Labute approximate surface area is 289 Å². The van der Waals surface area contributed by atoms with Crippen molar-refractivity contribution in [2.45, 2.75) is 0 Å². The van der Waals surface area contributed by atoms with E-state index in [1.54, 1.807) is 0 Å². The van der Waals surface area contributed by atoms with Crippen molar-refractivity contribution in [2.75, 3.05) is 4.90 Å². The second-order valence-corrected chi connectivity index (χ2v) is 12.8. The Balaban J connectivity index is 1.12. The molecular weight excluding hydrogens is 609 g/mol. The standard InChI is InChI=1S/C47H30N2O/c1-2-8-31(9-3-1)32-20-24-38(25-21-32)49(43-28-29-48-47-46(43)41-12-6-7-13-44(41)50-47)39-26-22-33(23-27-39)37-19-16-35-15-18-36-17-14-34-10-4-5-11-40(34)45(36)42(35)30-37/h1-30H. The van der Waals surface area contributed by atoms with Crippen LogP contribution < -0.4 is 4.90 Å². The van der Waals surface area contributed by atoms with Gasteiger partial charge < -0.3 is 9.32 Å². The third kappa shape index (κ3) is 4.63. The minimum absolute atomic E-state index is 0.627. The van der Waals surface area contributed by atoms with Crippen molar-refractivity contribution in [3.8, 4) is 22.3 Å². The summed E-state index contributed by atoms with van der Waals surface area (Å²) in [6.45, 7) is 0. The van der Waals surface area contributed by atoms with Gasteiger partial charge in [-0.15, -0.1) is 0 Å². The molecule has 0 radical (unpaired) electrons. The molecular formula is C47H30N2O. The number of fused-ring (bicyclic) bond motifs is 8. The Morgan fingerprint density at radius 3 is 1.72 bits per heavy atom. The molecule has 2 heterocycles. The largest absolute Gasteiger partial charge is 0.438 e. The van der Waals surface area contributed by atoms with E-state index in [2.05, 4.69) is 174 Å². The molecule has 0 amide bonds. The number of anilines is 3. The molecule has 0 fully saturated rings. The molecule has 10 rings (SSSR count). The van der Waals surface area contributed by atoms with Crippen molar-refractivity contribution in [3.05, 3.63) is 182 Å². The summed E-state index contributed by atoms with van der Waals surface area (Å²) in [6.07, 6.45) is 1.84. The fourth-order valence-corrected chi connectivity index (χ4v) is 7.49. The van der Waals surface area contributed by atoms with Crippen LogP contribution in [0.4, 0.5) is 17.1 Å². The van der Waals surface area contributed by atoms with E-state index in [0.29, 0.717) is 5.71 Å². The van der Waals surface area contributed by atoms with Gasteiger partial charge in [0.25, 0.3) is 0 Å². The van der Waals surface area contributed by atoms with Crippen molar-refractivity contribution in [3.63, 3.8) is 0 Å². The average Bonchev–Trinajstić information content (AvgIpc) is 3.58. The number of hydrogen-bond acceptors (Lipinski definition) is 3. The molecule has 0 saturated carbocycles. The molecule has 0 bridgehead atoms. The molecule has 0 spiro atoms. The van der Waals surface area contributed by atoms with Crippen LogP contribution in [0.15, 0.2) is 187 Å². The van der Waals surface area contributed by atoms with Gasteiger partial charge in [0.15, 0.2) is 0 Å². The third-order valence-electron chi connectivity index (χ3n) is 9.92. The highest BCUT2D eigenvalue weighted by Gasteiger charge is 2.20. The molecule has 0 aliphatic carbocycles. The first-order chi connectivity index (χ1) is 24.8. The maximum Gasteiger partial charge on any atom is 0.229 e. The zero-order chi connectivity index (χ0) is 33.0. The number of pyridine rings is 1. The minimum atomic E-state index is 0.627. The average molecular weight is 639 g/mol. The lowest BCUT2D eigenvalue weighted by Gasteiger charge is -2.26. The van der Waals surface area contributed by atoms with Crippen LogP contribution >= 0.6 is 0 Å². The first-order valence-corrected chi connectivity index (χ1v) is 17.0. The van der Waals surface area contributed by atoms with Crippen molar-refractivity contribution in [1.29, 1.82) is 0 Å². The summed E-state index contributed by atoms with van der Waals surface area (Å²) >= 11 is 0. The van der Waals surface area contributed by atoms with Gasteiger partial charge in [0.2, 0.25) is 5.71 Å². The second-order valence-electron chi connectivity index (χ2n) is 12.8. The van der Waals surface area contributed by atoms with Crippen LogP contribution in [-0.2, 0) is 0 Å². The van der Waals surface area contributed by atoms with Crippen molar-refractivity contribution in [1.82, 2.24) is 4.98 Å². The van der Waals surface area contributed by atoms with Gasteiger partial charge in [-0.25, -0.2) is 4.98 Å². The Morgan fingerprint density at radius 2 is 0.960 bits per heavy atom. The quantitative estimate of drug-likeness (QED) is 0.176. The summed E-state index contributed by atoms with van der Waals surface area (Å²) in [5.41, 5.74) is 9.31. The van der Waals surface area contributed by atoms with Gasteiger partial charge in [0.05, 0.1) is 11.1 Å². The highest BCUT2D eigenvalue weighted by Crippen LogP contribution is 2.43. The predicted octanol–water partition coefficient (Wildman–Crippen LogP) is 13.2. The SMILES string of the molecule is c1ccc(-c2ccc(N(c3ccc(-c4ccc5ccc6ccc7ccccc7c6c5c4)cc3)c3ccnc4oc5ccccc5c34)cc2)cc1. The number of furan rings is 1. The van der Waals surface area contributed by atoms with Gasteiger partial charge in [-0.1, -0.05) is 133 Å². The minimum Gasteiger partial charge on any atom is -0.438 e. The van der Waals surface area contributed by atoms with E-state index in [9.17, 15) is 0 Å². The molecule has 0 aliphatic heterocycles. The Hall–Kier alpha value is -6.71. The molecule has 2 aromatic heterocycles. The lowest BCUT2D eigenvalue weighted by Crippen LogP contribution is -2.10. The number of rotatable bonds is 5. The van der Waals surface area contributed by atoms with Crippen LogP contribution in [0, 0.1) is 0 Å². The van der Waals surface area contributed by atoms with E-state index in [-0.39, 0.29) is 0 Å². The molecule has 8 aromatic carbocycles. The van der Waals surface area contributed by atoms with Crippen LogP contribution in [0.1, 0.15) is 0 Å². The monoisotopic (exact) mass is 638 g/mol. The number of para-hydroxylation sites is 1. The van der Waals surface area contributed by atoms with Gasteiger partial charge in [-0.2, -0.15) is 0 Å². The lowest BCUT2D eigenvalue weighted by molar-refractivity contribution is 0.654. The highest BCUT2D eigenvalue weighted by atomic mass is 16.3. The molecule has 0 saturated heterocycles. The fraction of sp³-hybridized carbons (Fsp3) is 0. The summed E-state index contributed by atoms with van der Waals surface area (Å²) in [6, 6.07) is 62.9. The normalized spacial score (nSPS) is 11.6. The van der Waals surface area contributed by atoms with Gasteiger partial charge >= 0.3 is 0 Å². The molecule has 3 heteroatoms. The zero-order valence-electron chi connectivity index (χ0n) is 27.1. The van der Waals surface area contributed by atoms with Gasteiger partial charge in [-0.3, -0.25) is 0 Å². The Kier molecular flexibility index (Phi) is 6.49. The van der Waals surface area contributed by atoms with E-state index in [0.717, 1.165) is 33.4 Å². The predicted molar refractivity (Wildman–Crippen MR) is 210 cm³/mol. The number of hydrogen-bond donors (Lipinski definition) is 0. The van der Waals surface area contributed by atoms with E-state index in [1.807, 2.05) is 18.3 Å². The molecule has 234 valence electrons. The summed E-state index contributed by atoms with van der Waals surface area (Å²) in [4.78, 5) is 6.94. The first kappa shape index (κ1) is 28.3. The maximum atomic E-state index is 6.22. The van der Waals surface area contributed by atoms with E-state index >= 15 is 0 Å². The van der Waals surface area contributed by atoms with Crippen molar-refractivity contribution >= 4 is 71.4 Å². The first-order valence-electron chi connectivity index (χ1n) is 17.0. The third-order valence-corrected chi connectivity index (χ3v) is 9.92. The van der Waals surface area contributed by atoms with E-state index < -0.39 is 0 Å². The smallest absolute Gasteiger partial charge is 0.229 e. The van der Waals surface area contributed by atoms with E-state index in [1.165, 1.54) is 54.6 Å². The van der Waals surface area contributed by atoms with Gasteiger partial charge in [0, 0.05) is 23.0 Å². The van der Waals surface area contributed by atoms with Crippen molar-refractivity contribution in [2.24, 2.45) is 0 Å². The van der Waals surface area contributed by atoms with E-state index in [4.69, 9.17) is 4.42 Å².